The van der Waals surface area contributed by atoms with Gasteiger partial charge in [0.1, 0.15) is 0 Å². The van der Waals surface area contributed by atoms with E-state index in [0.717, 1.165) is 16.3 Å². The third-order valence-electron chi connectivity index (χ3n) is 2.34. The van der Waals surface area contributed by atoms with Crippen molar-refractivity contribution in [3.05, 3.63) is 53.0 Å². The number of hydrogen-bond donors (Lipinski definition) is 0. The molecule has 14 heavy (non-hydrogen) atoms. The summed E-state index contributed by atoms with van der Waals surface area (Å²) in [5, 5.41) is 1.71. The molecule has 0 spiro atoms. The van der Waals surface area contributed by atoms with E-state index < -0.39 is 0 Å². The Morgan fingerprint density at radius 1 is 1.29 bits per heavy atom. The zero-order valence-corrected chi connectivity index (χ0v) is 8.03. The molecular formula is C12H11NO. The van der Waals surface area contributed by atoms with E-state index >= 15 is 0 Å². The summed E-state index contributed by atoms with van der Waals surface area (Å²) in [5.41, 5.74) is 1.02. The highest BCUT2D eigenvalue weighted by atomic mass is 16.1. The molecule has 1 aromatic carbocycles. The first-order valence-electron chi connectivity index (χ1n) is 4.45. The summed E-state index contributed by atoms with van der Waals surface area (Å²) in [4.78, 5) is 11.7. The van der Waals surface area contributed by atoms with Crippen molar-refractivity contribution in [2.75, 3.05) is 0 Å². The fourth-order valence-corrected chi connectivity index (χ4v) is 1.61. The molecular weight excluding hydrogens is 174 g/mol. The van der Waals surface area contributed by atoms with Crippen LogP contribution in [-0.4, -0.2) is 4.57 Å². The quantitative estimate of drug-likeness (QED) is 0.667. The molecule has 0 bridgehead atoms. The molecule has 0 N–H and O–H groups in total. The van der Waals surface area contributed by atoms with Gasteiger partial charge in [-0.2, -0.15) is 0 Å². The molecule has 70 valence electrons. The largest absolute Gasteiger partial charge is 0.317 e. The molecule has 1 aromatic heterocycles. The Morgan fingerprint density at radius 2 is 1.93 bits per heavy atom. The average Bonchev–Trinajstić information content (AvgIpc) is 2.23. The average molecular weight is 185 g/mol. The number of rotatable bonds is 1. The van der Waals surface area contributed by atoms with Gasteiger partial charge in [0.25, 0.3) is 5.56 Å². The lowest BCUT2D eigenvalue weighted by molar-refractivity contribution is 0.871. The van der Waals surface area contributed by atoms with Crippen LogP contribution >= 0.6 is 0 Å². The molecule has 0 fully saturated rings. The van der Waals surface area contributed by atoms with Gasteiger partial charge in [0, 0.05) is 18.6 Å². The topological polar surface area (TPSA) is 22.0 Å². The molecule has 2 heteroatoms. The molecule has 0 unspecified atom stereocenters. The molecule has 2 rings (SSSR count). The lowest BCUT2D eigenvalue weighted by Gasteiger charge is -2.04. The van der Waals surface area contributed by atoms with Gasteiger partial charge >= 0.3 is 0 Å². The van der Waals surface area contributed by atoms with Crippen LogP contribution in [0.25, 0.3) is 16.8 Å². The van der Waals surface area contributed by atoms with E-state index in [1.165, 1.54) is 0 Å². The third-order valence-corrected chi connectivity index (χ3v) is 2.34. The number of benzene rings is 1. The molecule has 1 heterocycles. The highest BCUT2D eigenvalue weighted by molar-refractivity contribution is 5.89. The van der Waals surface area contributed by atoms with Crippen molar-refractivity contribution in [3.8, 4) is 0 Å². The Labute approximate surface area is 82.1 Å². The standard InChI is InChI=1S/C12H11NO/c1-3-9-8-13(2)12(14)11-7-5-4-6-10(9)11/h3-8H,1H2,2H3. The highest BCUT2D eigenvalue weighted by Crippen LogP contribution is 2.15. The van der Waals surface area contributed by atoms with Crippen LogP contribution in [-0.2, 0) is 7.05 Å². The Bertz CT molecular complexity index is 552. The Morgan fingerprint density at radius 3 is 2.57 bits per heavy atom. The molecule has 0 aliphatic carbocycles. The number of hydrogen-bond acceptors (Lipinski definition) is 1. The second-order valence-corrected chi connectivity index (χ2v) is 3.25. The molecule has 2 nitrogen and oxygen atoms in total. The minimum absolute atomic E-state index is 0.0335. The summed E-state index contributed by atoms with van der Waals surface area (Å²) in [7, 11) is 1.75. The molecule has 0 saturated carbocycles. The second-order valence-electron chi connectivity index (χ2n) is 3.25. The van der Waals surface area contributed by atoms with Gasteiger partial charge in [-0.1, -0.05) is 30.9 Å². The van der Waals surface area contributed by atoms with Crippen LogP contribution in [0.2, 0.25) is 0 Å². The molecule has 0 saturated heterocycles. The van der Waals surface area contributed by atoms with Crippen LogP contribution in [0.3, 0.4) is 0 Å². The van der Waals surface area contributed by atoms with Crippen molar-refractivity contribution >= 4 is 16.8 Å². The zero-order chi connectivity index (χ0) is 10.1. The van der Waals surface area contributed by atoms with Crippen LogP contribution in [0.15, 0.2) is 41.8 Å². The van der Waals surface area contributed by atoms with E-state index in [1.54, 1.807) is 23.9 Å². The number of nitrogens with zero attached hydrogens (tertiary/aromatic N) is 1. The van der Waals surface area contributed by atoms with Crippen molar-refractivity contribution in [2.45, 2.75) is 0 Å². The van der Waals surface area contributed by atoms with E-state index in [-0.39, 0.29) is 5.56 Å². The normalized spacial score (nSPS) is 10.4. The van der Waals surface area contributed by atoms with Crippen molar-refractivity contribution < 1.29 is 0 Å². The van der Waals surface area contributed by atoms with Crippen molar-refractivity contribution in [1.82, 2.24) is 4.57 Å². The van der Waals surface area contributed by atoms with Gasteiger partial charge in [-0.15, -0.1) is 0 Å². The molecule has 0 radical (unpaired) electrons. The summed E-state index contributed by atoms with van der Waals surface area (Å²) in [6.07, 6.45) is 3.57. The van der Waals surface area contributed by atoms with E-state index in [0.29, 0.717) is 0 Å². The minimum atomic E-state index is 0.0335. The number of pyridine rings is 1. The van der Waals surface area contributed by atoms with E-state index in [4.69, 9.17) is 0 Å². The first kappa shape index (κ1) is 8.75. The minimum Gasteiger partial charge on any atom is -0.317 e. The molecule has 0 atom stereocenters. The first-order chi connectivity index (χ1) is 6.74. The van der Waals surface area contributed by atoms with Gasteiger partial charge in [-0.3, -0.25) is 4.79 Å². The van der Waals surface area contributed by atoms with Crippen LogP contribution < -0.4 is 5.56 Å². The Balaban J connectivity index is 3.04. The second kappa shape index (κ2) is 3.14. The summed E-state index contributed by atoms with van der Waals surface area (Å²) >= 11 is 0. The lowest BCUT2D eigenvalue weighted by Crippen LogP contribution is -2.16. The van der Waals surface area contributed by atoms with Crippen molar-refractivity contribution in [1.29, 1.82) is 0 Å². The van der Waals surface area contributed by atoms with E-state index in [9.17, 15) is 4.79 Å². The van der Waals surface area contributed by atoms with E-state index in [1.807, 2.05) is 24.3 Å². The maximum absolute atomic E-state index is 11.7. The third kappa shape index (κ3) is 1.16. The summed E-state index contributed by atoms with van der Waals surface area (Å²) in [6.45, 7) is 3.74. The summed E-state index contributed by atoms with van der Waals surface area (Å²) in [5.74, 6) is 0. The predicted molar refractivity (Wildman–Crippen MR) is 59.3 cm³/mol. The van der Waals surface area contributed by atoms with Gasteiger partial charge in [0.2, 0.25) is 0 Å². The van der Waals surface area contributed by atoms with Crippen LogP contribution in [0.5, 0.6) is 0 Å². The smallest absolute Gasteiger partial charge is 0.258 e. The van der Waals surface area contributed by atoms with Gasteiger partial charge in [0.05, 0.1) is 0 Å². The lowest BCUT2D eigenvalue weighted by atomic mass is 10.1. The molecule has 0 aliphatic rings. The predicted octanol–water partition coefficient (Wildman–Crippen LogP) is 2.18. The van der Waals surface area contributed by atoms with Crippen LogP contribution in [0, 0.1) is 0 Å². The van der Waals surface area contributed by atoms with Gasteiger partial charge in [-0.05, 0) is 17.0 Å². The van der Waals surface area contributed by atoms with Gasteiger partial charge in [-0.25, -0.2) is 0 Å². The van der Waals surface area contributed by atoms with Crippen molar-refractivity contribution in [2.24, 2.45) is 7.05 Å². The number of aromatic nitrogens is 1. The first-order valence-corrected chi connectivity index (χ1v) is 4.45. The highest BCUT2D eigenvalue weighted by Gasteiger charge is 2.02. The Hall–Kier alpha value is -1.83. The number of fused-ring (bicyclic) bond motifs is 1. The number of aryl methyl sites for hydroxylation is 1. The molecule has 2 aromatic rings. The molecule has 0 aliphatic heterocycles. The monoisotopic (exact) mass is 185 g/mol. The van der Waals surface area contributed by atoms with Gasteiger partial charge < -0.3 is 4.57 Å². The Kier molecular flexibility index (Phi) is 1.97. The summed E-state index contributed by atoms with van der Waals surface area (Å²) in [6, 6.07) is 7.57. The fraction of sp³-hybridized carbons (Fsp3) is 0.0833. The fourth-order valence-electron chi connectivity index (χ4n) is 1.61. The zero-order valence-electron chi connectivity index (χ0n) is 8.03. The van der Waals surface area contributed by atoms with E-state index in [2.05, 4.69) is 6.58 Å². The van der Waals surface area contributed by atoms with Crippen molar-refractivity contribution in [3.63, 3.8) is 0 Å². The SMILES string of the molecule is C=Cc1cn(C)c(=O)c2ccccc12. The van der Waals surface area contributed by atoms with Gasteiger partial charge in [0.15, 0.2) is 0 Å². The molecule has 0 amide bonds. The van der Waals surface area contributed by atoms with Crippen LogP contribution in [0.4, 0.5) is 0 Å². The maximum atomic E-state index is 11.7. The van der Waals surface area contributed by atoms with Crippen LogP contribution in [0.1, 0.15) is 5.56 Å². The maximum Gasteiger partial charge on any atom is 0.258 e. The summed E-state index contributed by atoms with van der Waals surface area (Å²) < 4.78 is 1.58.